The molecule has 2 aromatic carbocycles. The van der Waals surface area contributed by atoms with Crippen molar-refractivity contribution in [2.75, 3.05) is 13.2 Å². The van der Waals surface area contributed by atoms with E-state index in [1.54, 1.807) is 6.92 Å². The molecule has 2 aliphatic rings. The van der Waals surface area contributed by atoms with Gasteiger partial charge in [0.2, 0.25) is 0 Å². The smallest absolute Gasteiger partial charge is 0.338 e. The highest BCUT2D eigenvalue weighted by atomic mass is 16.6. The van der Waals surface area contributed by atoms with Crippen molar-refractivity contribution in [1.29, 1.82) is 0 Å². The number of nitrogens with one attached hydrogen (secondary N) is 2. The molecule has 0 aromatic heterocycles. The normalized spacial score (nSPS) is 22.5. The van der Waals surface area contributed by atoms with Crippen molar-refractivity contribution in [1.82, 2.24) is 10.6 Å². The van der Waals surface area contributed by atoms with E-state index in [-0.39, 0.29) is 18.7 Å². The molecule has 2 amide bonds. The Morgan fingerprint density at radius 1 is 1.22 bits per heavy atom. The number of amides is 2. The monoisotopic (exact) mass is 366 g/mol. The third kappa shape index (κ3) is 3.53. The highest BCUT2D eigenvalue weighted by Crippen LogP contribution is 2.32. The van der Waals surface area contributed by atoms with Gasteiger partial charge in [0.15, 0.2) is 0 Å². The lowest BCUT2D eigenvalue weighted by Gasteiger charge is -2.29. The molecular weight excluding hydrogens is 344 g/mol. The van der Waals surface area contributed by atoms with Crippen LogP contribution in [0.2, 0.25) is 0 Å². The minimum Gasteiger partial charge on any atom is -0.459 e. The third-order valence-corrected chi connectivity index (χ3v) is 5.05. The lowest BCUT2D eigenvalue weighted by molar-refractivity contribution is -0.142. The maximum atomic E-state index is 12.9. The SMILES string of the molecule is CC1=C(C(=O)OC[C@@H]2CCCO2)[C@H](c2cccc3ccccc23)NC(=O)N1. The Balaban J connectivity index is 1.67. The van der Waals surface area contributed by atoms with Gasteiger partial charge in [-0.1, -0.05) is 42.5 Å². The Bertz CT molecular complexity index is 910. The van der Waals surface area contributed by atoms with Gasteiger partial charge in [0.05, 0.1) is 17.7 Å². The maximum Gasteiger partial charge on any atom is 0.338 e. The van der Waals surface area contributed by atoms with Crippen molar-refractivity contribution in [2.45, 2.75) is 31.9 Å². The van der Waals surface area contributed by atoms with Gasteiger partial charge in [-0.2, -0.15) is 0 Å². The van der Waals surface area contributed by atoms with Crippen LogP contribution in [0.15, 0.2) is 53.7 Å². The van der Waals surface area contributed by atoms with Crippen molar-refractivity contribution >= 4 is 22.8 Å². The van der Waals surface area contributed by atoms with Crippen LogP contribution in [0.3, 0.4) is 0 Å². The van der Waals surface area contributed by atoms with Crippen LogP contribution in [-0.4, -0.2) is 31.3 Å². The van der Waals surface area contributed by atoms with Crippen LogP contribution >= 0.6 is 0 Å². The van der Waals surface area contributed by atoms with Gasteiger partial charge < -0.3 is 20.1 Å². The van der Waals surface area contributed by atoms with E-state index < -0.39 is 12.0 Å². The van der Waals surface area contributed by atoms with Crippen LogP contribution in [0, 0.1) is 0 Å². The molecule has 2 heterocycles. The Labute approximate surface area is 157 Å². The molecule has 140 valence electrons. The highest BCUT2D eigenvalue weighted by Gasteiger charge is 2.33. The predicted molar refractivity (Wildman–Crippen MR) is 101 cm³/mol. The first-order chi connectivity index (χ1) is 13.1. The Hall–Kier alpha value is -2.86. The zero-order chi connectivity index (χ0) is 18.8. The Morgan fingerprint density at radius 2 is 2.04 bits per heavy atom. The minimum absolute atomic E-state index is 0.0444. The van der Waals surface area contributed by atoms with Gasteiger partial charge in [-0.15, -0.1) is 0 Å². The molecule has 2 N–H and O–H groups in total. The van der Waals surface area contributed by atoms with E-state index in [4.69, 9.17) is 9.47 Å². The van der Waals surface area contributed by atoms with Gasteiger partial charge >= 0.3 is 12.0 Å². The second-order valence-electron chi connectivity index (χ2n) is 6.87. The van der Waals surface area contributed by atoms with E-state index in [9.17, 15) is 9.59 Å². The van der Waals surface area contributed by atoms with Gasteiger partial charge in [0.1, 0.15) is 6.61 Å². The molecule has 2 atom stereocenters. The first-order valence-corrected chi connectivity index (χ1v) is 9.18. The summed E-state index contributed by atoms with van der Waals surface area (Å²) < 4.78 is 11.0. The number of urea groups is 1. The summed E-state index contributed by atoms with van der Waals surface area (Å²) in [7, 11) is 0. The molecule has 0 aliphatic carbocycles. The van der Waals surface area contributed by atoms with Crippen LogP contribution in [0.25, 0.3) is 10.8 Å². The van der Waals surface area contributed by atoms with Crippen molar-refractivity contribution < 1.29 is 19.1 Å². The summed E-state index contributed by atoms with van der Waals surface area (Å²) in [5.41, 5.74) is 1.80. The van der Waals surface area contributed by atoms with Gasteiger partial charge in [-0.3, -0.25) is 0 Å². The average Bonchev–Trinajstić information content (AvgIpc) is 3.18. The fraction of sp³-hybridized carbons (Fsp3) is 0.333. The summed E-state index contributed by atoms with van der Waals surface area (Å²) in [6.45, 7) is 2.66. The number of carbonyl (C=O) groups excluding carboxylic acids is 2. The highest BCUT2D eigenvalue weighted by molar-refractivity contribution is 5.97. The number of esters is 1. The summed E-state index contributed by atoms with van der Waals surface area (Å²) in [5.74, 6) is -0.437. The maximum absolute atomic E-state index is 12.9. The van der Waals surface area contributed by atoms with E-state index in [2.05, 4.69) is 10.6 Å². The molecule has 2 aromatic rings. The molecule has 27 heavy (non-hydrogen) atoms. The quantitative estimate of drug-likeness (QED) is 0.815. The number of hydrogen-bond donors (Lipinski definition) is 2. The molecule has 4 rings (SSSR count). The summed E-state index contributed by atoms with van der Waals surface area (Å²) in [6, 6.07) is 12.9. The molecule has 1 saturated heterocycles. The molecule has 0 unspecified atom stereocenters. The third-order valence-electron chi connectivity index (χ3n) is 5.05. The van der Waals surface area contributed by atoms with Gasteiger partial charge in [-0.05, 0) is 36.1 Å². The van der Waals surface area contributed by atoms with Crippen molar-refractivity contribution in [3.8, 4) is 0 Å². The van der Waals surface area contributed by atoms with E-state index in [0.29, 0.717) is 17.9 Å². The zero-order valence-electron chi connectivity index (χ0n) is 15.2. The van der Waals surface area contributed by atoms with Crippen molar-refractivity contribution in [2.24, 2.45) is 0 Å². The summed E-state index contributed by atoms with van der Waals surface area (Å²) in [5, 5.41) is 7.60. The molecule has 0 radical (unpaired) electrons. The van der Waals surface area contributed by atoms with Crippen LogP contribution in [0.5, 0.6) is 0 Å². The van der Waals surface area contributed by atoms with Crippen LogP contribution in [0.4, 0.5) is 4.79 Å². The molecule has 0 spiro atoms. The van der Waals surface area contributed by atoms with Gasteiger partial charge in [0.25, 0.3) is 0 Å². The minimum atomic E-state index is -0.568. The second-order valence-corrected chi connectivity index (χ2v) is 6.87. The van der Waals surface area contributed by atoms with E-state index >= 15 is 0 Å². The Kier molecular flexibility index (Phi) is 4.81. The topological polar surface area (TPSA) is 76.7 Å². The van der Waals surface area contributed by atoms with Crippen LogP contribution in [-0.2, 0) is 14.3 Å². The molecule has 0 saturated carbocycles. The van der Waals surface area contributed by atoms with Gasteiger partial charge in [-0.25, -0.2) is 9.59 Å². The fourth-order valence-electron chi connectivity index (χ4n) is 3.72. The lowest BCUT2D eigenvalue weighted by Crippen LogP contribution is -2.45. The molecule has 2 aliphatic heterocycles. The lowest BCUT2D eigenvalue weighted by atomic mass is 9.91. The first-order valence-electron chi connectivity index (χ1n) is 9.18. The van der Waals surface area contributed by atoms with Gasteiger partial charge in [0, 0.05) is 12.3 Å². The molecular formula is C21H22N2O4. The molecule has 0 bridgehead atoms. The molecule has 1 fully saturated rings. The number of ether oxygens (including phenoxy) is 2. The zero-order valence-corrected chi connectivity index (χ0v) is 15.2. The summed E-state index contributed by atoms with van der Waals surface area (Å²) in [6.07, 6.45) is 1.84. The van der Waals surface area contributed by atoms with E-state index in [1.165, 1.54) is 0 Å². The standard InChI is InChI=1S/C21H22N2O4/c1-13-18(20(24)27-12-15-8-5-11-26-15)19(23-21(25)22-13)17-10-4-7-14-6-2-3-9-16(14)17/h2-4,6-7,9-10,15,19H,5,8,11-12H2,1H3,(H2,22,23,25)/t15-,19-/m0/s1. The fourth-order valence-corrected chi connectivity index (χ4v) is 3.72. The number of hydrogen-bond acceptors (Lipinski definition) is 4. The second kappa shape index (κ2) is 7.40. The largest absolute Gasteiger partial charge is 0.459 e. The van der Waals surface area contributed by atoms with Crippen molar-refractivity contribution in [3.05, 3.63) is 59.3 Å². The van der Waals surface area contributed by atoms with Crippen molar-refractivity contribution in [3.63, 3.8) is 0 Å². The molecule has 6 nitrogen and oxygen atoms in total. The Morgan fingerprint density at radius 3 is 2.85 bits per heavy atom. The predicted octanol–water partition coefficient (Wildman–Crippen LogP) is 3.19. The number of allylic oxidation sites excluding steroid dienone is 1. The average molecular weight is 366 g/mol. The first kappa shape index (κ1) is 17.5. The van der Waals surface area contributed by atoms with Crippen LogP contribution < -0.4 is 10.6 Å². The van der Waals surface area contributed by atoms with E-state index in [0.717, 1.165) is 29.2 Å². The summed E-state index contributed by atoms with van der Waals surface area (Å²) in [4.78, 5) is 25.0. The number of benzene rings is 2. The number of fused-ring (bicyclic) bond motifs is 1. The van der Waals surface area contributed by atoms with E-state index in [1.807, 2.05) is 42.5 Å². The number of rotatable bonds is 4. The summed E-state index contributed by atoms with van der Waals surface area (Å²) >= 11 is 0. The molecule has 6 heteroatoms. The van der Waals surface area contributed by atoms with Crippen LogP contribution in [0.1, 0.15) is 31.4 Å². The number of carbonyl (C=O) groups is 2.